The lowest BCUT2D eigenvalue weighted by Crippen LogP contribution is -2.38. The summed E-state index contributed by atoms with van der Waals surface area (Å²) in [5.41, 5.74) is -3.27. The van der Waals surface area contributed by atoms with Gasteiger partial charge in [-0.3, -0.25) is 4.79 Å². The van der Waals surface area contributed by atoms with Crippen LogP contribution in [0.15, 0.2) is 39.9 Å². The first kappa shape index (κ1) is 22.0. The summed E-state index contributed by atoms with van der Waals surface area (Å²) in [7, 11) is 0. The molecule has 3 aromatic rings. The summed E-state index contributed by atoms with van der Waals surface area (Å²) in [6.07, 6.45) is 0.996. The number of allylic oxidation sites excluding steroid dienone is 1. The lowest BCUT2D eigenvalue weighted by molar-refractivity contribution is -0.142. The third-order valence-corrected chi connectivity index (χ3v) is 5.34. The van der Waals surface area contributed by atoms with Crippen molar-refractivity contribution in [3.05, 3.63) is 68.1 Å². The second-order valence-electron chi connectivity index (χ2n) is 6.60. The molecule has 1 aromatic carbocycles. The fourth-order valence-electron chi connectivity index (χ4n) is 2.97. The van der Waals surface area contributed by atoms with Gasteiger partial charge in [-0.2, -0.15) is 17.5 Å². The van der Waals surface area contributed by atoms with Crippen molar-refractivity contribution in [2.75, 3.05) is 6.61 Å². The Morgan fingerprint density at radius 2 is 2.03 bits per heavy atom. The Morgan fingerprint density at radius 1 is 1.27 bits per heavy atom. The van der Waals surface area contributed by atoms with Gasteiger partial charge in [-0.1, -0.05) is 19.1 Å². The molecule has 2 aromatic heterocycles. The third-order valence-electron chi connectivity index (χ3n) is 4.47. The average molecular weight is 439 g/mol. The SMILES string of the molecule is CCC=CCCOCc1nsc2ccc(-n3c(=O)[nH]c(C(F)(F)F)c(C)c3=O)cc12. The monoisotopic (exact) mass is 439 g/mol. The van der Waals surface area contributed by atoms with Crippen LogP contribution in [0.4, 0.5) is 13.2 Å². The van der Waals surface area contributed by atoms with Crippen molar-refractivity contribution >= 4 is 21.6 Å². The van der Waals surface area contributed by atoms with Gasteiger partial charge in [-0.15, -0.1) is 0 Å². The number of halogens is 3. The Balaban J connectivity index is 1.95. The molecular formula is C20H20F3N3O3S. The number of aromatic nitrogens is 3. The van der Waals surface area contributed by atoms with Crippen LogP contribution in [0.3, 0.4) is 0 Å². The zero-order chi connectivity index (χ0) is 21.9. The number of nitrogens with zero attached hydrogens (tertiary/aromatic N) is 2. The zero-order valence-electron chi connectivity index (χ0n) is 16.4. The number of nitrogens with one attached hydrogen (secondary N) is 1. The van der Waals surface area contributed by atoms with E-state index in [0.717, 1.165) is 24.5 Å². The fraction of sp³-hybridized carbons (Fsp3) is 0.350. The zero-order valence-corrected chi connectivity index (χ0v) is 17.2. The average Bonchev–Trinajstić information content (AvgIpc) is 3.09. The van der Waals surface area contributed by atoms with Crippen LogP contribution in [-0.2, 0) is 17.5 Å². The first-order valence-electron chi connectivity index (χ1n) is 9.28. The van der Waals surface area contributed by atoms with E-state index in [4.69, 9.17) is 4.74 Å². The number of fused-ring (bicyclic) bond motifs is 1. The molecule has 0 saturated carbocycles. The van der Waals surface area contributed by atoms with E-state index < -0.39 is 28.7 Å². The Kier molecular flexibility index (Phi) is 6.57. The van der Waals surface area contributed by atoms with E-state index in [1.807, 2.05) is 13.0 Å². The molecule has 1 N–H and O–H groups in total. The molecule has 0 fully saturated rings. The molecule has 10 heteroatoms. The van der Waals surface area contributed by atoms with Crippen LogP contribution in [0, 0.1) is 6.92 Å². The molecule has 0 aliphatic rings. The topological polar surface area (TPSA) is 77.0 Å². The highest BCUT2D eigenvalue weighted by Gasteiger charge is 2.35. The van der Waals surface area contributed by atoms with Gasteiger partial charge in [0.25, 0.3) is 5.56 Å². The van der Waals surface area contributed by atoms with Crippen LogP contribution in [0.2, 0.25) is 0 Å². The lowest BCUT2D eigenvalue weighted by Gasteiger charge is -2.12. The first-order chi connectivity index (χ1) is 14.2. The second-order valence-corrected chi connectivity index (χ2v) is 7.40. The van der Waals surface area contributed by atoms with Crippen molar-refractivity contribution in [2.45, 2.75) is 39.5 Å². The van der Waals surface area contributed by atoms with Crippen LogP contribution in [0.25, 0.3) is 15.8 Å². The minimum absolute atomic E-state index is 0.165. The van der Waals surface area contributed by atoms with Crippen LogP contribution in [0.1, 0.15) is 36.7 Å². The number of hydrogen-bond donors (Lipinski definition) is 1. The molecule has 2 heterocycles. The van der Waals surface area contributed by atoms with Crippen LogP contribution >= 0.6 is 11.5 Å². The van der Waals surface area contributed by atoms with Crippen molar-refractivity contribution in [3.63, 3.8) is 0 Å². The van der Waals surface area contributed by atoms with Crippen molar-refractivity contribution in [2.24, 2.45) is 0 Å². The molecule has 0 radical (unpaired) electrons. The molecule has 0 bridgehead atoms. The smallest absolute Gasteiger partial charge is 0.375 e. The maximum atomic E-state index is 13.0. The number of rotatable bonds is 7. The number of alkyl halides is 3. The highest BCUT2D eigenvalue weighted by atomic mass is 32.1. The summed E-state index contributed by atoms with van der Waals surface area (Å²) in [4.78, 5) is 26.6. The van der Waals surface area contributed by atoms with Gasteiger partial charge in [0.2, 0.25) is 0 Å². The molecule has 0 amide bonds. The summed E-state index contributed by atoms with van der Waals surface area (Å²) in [6.45, 7) is 3.85. The summed E-state index contributed by atoms with van der Waals surface area (Å²) in [5.74, 6) is 0. The van der Waals surface area contributed by atoms with E-state index >= 15 is 0 Å². The molecule has 0 spiro atoms. The van der Waals surface area contributed by atoms with Crippen LogP contribution in [0.5, 0.6) is 0 Å². The predicted molar refractivity (Wildman–Crippen MR) is 109 cm³/mol. The maximum absolute atomic E-state index is 13.0. The van der Waals surface area contributed by atoms with Gasteiger partial charge >= 0.3 is 11.9 Å². The van der Waals surface area contributed by atoms with Gasteiger partial charge in [0.1, 0.15) is 5.69 Å². The standard InChI is InChI=1S/C20H20F3N3O3S/c1-3-4-5-6-9-29-11-15-14-10-13(7-8-16(14)30-25-15)26-18(27)12(2)17(20(21,22)23)24-19(26)28/h4-5,7-8,10H,3,6,9,11H2,1-2H3,(H,24,28). The number of aromatic amines is 1. The normalized spacial score (nSPS) is 12.3. The minimum atomic E-state index is -4.82. The fourth-order valence-corrected chi connectivity index (χ4v) is 3.73. The van der Waals surface area contributed by atoms with Gasteiger partial charge in [0, 0.05) is 10.9 Å². The van der Waals surface area contributed by atoms with Crippen molar-refractivity contribution < 1.29 is 17.9 Å². The number of ether oxygens (including phenoxy) is 1. The predicted octanol–water partition coefficient (Wildman–Crippen LogP) is 4.34. The first-order valence-corrected chi connectivity index (χ1v) is 10.1. The summed E-state index contributed by atoms with van der Waals surface area (Å²) >= 11 is 1.24. The highest BCUT2D eigenvalue weighted by Crippen LogP contribution is 2.29. The number of hydrogen-bond acceptors (Lipinski definition) is 5. The minimum Gasteiger partial charge on any atom is -0.375 e. The molecule has 0 aliphatic carbocycles. The largest absolute Gasteiger partial charge is 0.431 e. The molecule has 0 unspecified atom stereocenters. The number of benzene rings is 1. The third kappa shape index (κ3) is 4.54. The van der Waals surface area contributed by atoms with Crippen molar-refractivity contribution in [1.82, 2.24) is 13.9 Å². The van der Waals surface area contributed by atoms with Gasteiger partial charge in [-0.05, 0) is 49.5 Å². The molecule has 6 nitrogen and oxygen atoms in total. The van der Waals surface area contributed by atoms with Gasteiger partial charge in [0.05, 0.1) is 29.3 Å². The van der Waals surface area contributed by atoms with Gasteiger partial charge < -0.3 is 9.72 Å². The highest BCUT2D eigenvalue weighted by molar-refractivity contribution is 7.13. The molecule has 0 atom stereocenters. The van der Waals surface area contributed by atoms with Crippen LogP contribution in [-0.4, -0.2) is 20.5 Å². The van der Waals surface area contributed by atoms with E-state index in [-0.39, 0.29) is 12.3 Å². The van der Waals surface area contributed by atoms with E-state index in [1.54, 1.807) is 17.1 Å². The van der Waals surface area contributed by atoms with E-state index in [9.17, 15) is 22.8 Å². The Bertz CT molecular complexity index is 1190. The molecule has 0 aliphatic heterocycles. The second kappa shape index (κ2) is 8.97. The molecule has 160 valence electrons. The van der Waals surface area contributed by atoms with E-state index in [0.29, 0.717) is 22.3 Å². The Labute approximate surface area is 173 Å². The quantitative estimate of drug-likeness (QED) is 0.439. The Hall–Kier alpha value is -2.72. The Morgan fingerprint density at radius 3 is 2.73 bits per heavy atom. The summed E-state index contributed by atoms with van der Waals surface area (Å²) < 4.78 is 50.6. The number of H-pyrrole nitrogens is 1. The van der Waals surface area contributed by atoms with Crippen LogP contribution < -0.4 is 11.2 Å². The van der Waals surface area contributed by atoms with Gasteiger partial charge in [-0.25, -0.2) is 9.36 Å². The van der Waals surface area contributed by atoms with Crippen molar-refractivity contribution in [1.29, 1.82) is 0 Å². The van der Waals surface area contributed by atoms with Gasteiger partial charge in [0.15, 0.2) is 0 Å². The van der Waals surface area contributed by atoms with E-state index in [2.05, 4.69) is 10.4 Å². The molecule has 0 saturated heterocycles. The molecular weight excluding hydrogens is 419 g/mol. The van der Waals surface area contributed by atoms with Crippen molar-refractivity contribution in [3.8, 4) is 5.69 Å². The summed E-state index contributed by atoms with van der Waals surface area (Å²) in [5, 5.41) is 0.686. The molecule has 3 rings (SSSR count). The van der Waals surface area contributed by atoms with E-state index in [1.165, 1.54) is 17.6 Å². The molecule has 30 heavy (non-hydrogen) atoms. The lowest BCUT2D eigenvalue weighted by atomic mass is 10.2. The maximum Gasteiger partial charge on any atom is 0.431 e. The summed E-state index contributed by atoms with van der Waals surface area (Å²) in [6, 6.07) is 4.75.